The lowest BCUT2D eigenvalue weighted by Crippen LogP contribution is -2.27. The summed E-state index contributed by atoms with van der Waals surface area (Å²) < 4.78 is 22.2. The molecular formula is C30H27ClN2O7S. The minimum atomic E-state index is -0.435. The topological polar surface area (TPSA) is 103 Å². The van der Waals surface area contributed by atoms with Crippen molar-refractivity contribution >= 4 is 52.2 Å². The number of carbonyl (C=O) groups is 3. The van der Waals surface area contributed by atoms with Gasteiger partial charge in [-0.15, -0.1) is 0 Å². The van der Waals surface area contributed by atoms with E-state index in [1.165, 1.54) is 0 Å². The van der Waals surface area contributed by atoms with Gasteiger partial charge in [-0.1, -0.05) is 23.7 Å². The van der Waals surface area contributed by atoms with Crippen LogP contribution < -0.4 is 24.3 Å². The number of carbonyl (C=O) groups excluding carboxylic acids is 3. The highest BCUT2D eigenvalue weighted by Gasteiger charge is 2.36. The van der Waals surface area contributed by atoms with Gasteiger partial charge in [-0.2, -0.15) is 0 Å². The van der Waals surface area contributed by atoms with Crippen molar-refractivity contribution in [3.63, 3.8) is 0 Å². The zero-order valence-electron chi connectivity index (χ0n) is 22.6. The maximum Gasteiger partial charge on any atom is 0.293 e. The zero-order valence-corrected chi connectivity index (χ0v) is 24.2. The first-order valence-corrected chi connectivity index (χ1v) is 14.0. The molecule has 0 atom stereocenters. The van der Waals surface area contributed by atoms with E-state index in [-0.39, 0.29) is 30.8 Å². The van der Waals surface area contributed by atoms with Crippen molar-refractivity contribution in [2.24, 2.45) is 0 Å². The quantitative estimate of drug-likeness (QED) is 0.286. The van der Waals surface area contributed by atoms with Gasteiger partial charge in [0.15, 0.2) is 29.6 Å². The summed E-state index contributed by atoms with van der Waals surface area (Å²) in [5.74, 6) is 1.08. The maximum absolute atomic E-state index is 13.1. The molecule has 0 radical (unpaired) electrons. The van der Waals surface area contributed by atoms with Gasteiger partial charge in [-0.05, 0) is 91.2 Å². The Kier molecular flexibility index (Phi) is 8.41. The lowest BCUT2D eigenvalue weighted by molar-refractivity contribution is -0.123. The SMILES string of the molecule is CCOc1cc(/C=C2\SC(=O)N(Cc3cc4c(cc3Cl)OCO4)C2=O)ccc1OCC(=O)Nc1ccc(C)c(C)c1. The molecule has 2 heterocycles. The lowest BCUT2D eigenvalue weighted by Gasteiger charge is -2.14. The number of amides is 3. The van der Waals surface area contributed by atoms with Gasteiger partial charge < -0.3 is 24.3 Å². The van der Waals surface area contributed by atoms with Crippen LogP contribution in [0.4, 0.5) is 10.5 Å². The molecule has 1 fully saturated rings. The standard InChI is InChI=1S/C30H27ClN2O7S/c1-4-37-24-10-19(6-8-23(24)38-15-28(34)32-21-7-5-17(2)18(3)9-21)11-27-29(35)33(30(36)41-27)14-20-12-25-26(13-22(20)31)40-16-39-25/h5-13H,4,14-16H2,1-3H3,(H,32,34)/b27-11-. The molecule has 3 aromatic rings. The fraction of sp³-hybridized carbons (Fsp3) is 0.233. The number of anilines is 1. The van der Waals surface area contributed by atoms with Gasteiger partial charge in [-0.25, -0.2) is 0 Å². The van der Waals surface area contributed by atoms with Crippen LogP contribution in [-0.4, -0.2) is 42.0 Å². The Morgan fingerprint density at radius 2 is 1.80 bits per heavy atom. The summed E-state index contributed by atoms with van der Waals surface area (Å²) in [7, 11) is 0. The van der Waals surface area contributed by atoms with E-state index in [4.69, 9.17) is 30.5 Å². The monoisotopic (exact) mass is 594 g/mol. The number of nitrogens with one attached hydrogen (secondary N) is 1. The number of ether oxygens (including phenoxy) is 4. The van der Waals surface area contributed by atoms with Crippen LogP contribution in [0.25, 0.3) is 6.08 Å². The third kappa shape index (κ3) is 6.44. The Morgan fingerprint density at radius 3 is 2.56 bits per heavy atom. The Hall–Kier alpha value is -4.15. The largest absolute Gasteiger partial charge is 0.490 e. The van der Waals surface area contributed by atoms with Crippen LogP contribution in [0.3, 0.4) is 0 Å². The molecule has 3 amide bonds. The Bertz CT molecular complexity index is 1570. The molecule has 1 N–H and O–H groups in total. The van der Waals surface area contributed by atoms with Crippen molar-refractivity contribution in [1.82, 2.24) is 4.90 Å². The van der Waals surface area contributed by atoms with E-state index in [1.807, 2.05) is 39.0 Å². The van der Waals surface area contributed by atoms with Gasteiger partial charge >= 0.3 is 0 Å². The van der Waals surface area contributed by atoms with E-state index in [1.54, 1.807) is 36.4 Å². The van der Waals surface area contributed by atoms with E-state index in [0.717, 1.165) is 27.8 Å². The number of benzene rings is 3. The molecule has 2 aliphatic heterocycles. The highest BCUT2D eigenvalue weighted by Crippen LogP contribution is 2.40. The number of hydrogen-bond acceptors (Lipinski definition) is 8. The highest BCUT2D eigenvalue weighted by molar-refractivity contribution is 8.18. The summed E-state index contributed by atoms with van der Waals surface area (Å²) >= 11 is 7.19. The molecule has 0 bridgehead atoms. The number of hydrogen-bond donors (Lipinski definition) is 1. The average molecular weight is 595 g/mol. The van der Waals surface area contributed by atoms with Crippen LogP contribution >= 0.6 is 23.4 Å². The van der Waals surface area contributed by atoms with Gasteiger partial charge in [0.05, 0.1) is 18.1 Å². The first-order valence-electron chi connectivity index (χ1n) is 12.8. The number of halogens is 1. The van der Waals surface area contributed by atoms with Crippen molar-refractivity contribution in [3.8, 4) is 23.0 Å². The van der Waals surface area contributed by atoms with Crippen molar-refractivity contribution < 1.29 is 33.3 Å². The molecule has 2 aliphatic rings. The smallest absolute Gasteiger partial charge is 0.293 e. The maximum atomic E-state index is 13.1. The number of fused-ring (bicyclic) bond motifs is 1. The minimum Gasteiger partial charge on any atom is -0.490 e. The molecular weight excluding hydrogens is 568 g/mol. The van der Waals surface area contributed by atoms with Crippen molar-refractivity contribution in [3.05, 3.63) is 80.7 Å². The molecule has 5 rings (SSSR count). The molecule has 41 heavy (non-hydrogen) atoms. The third-order valence-electron chi connectivity index (χ3n) is 6.46. The van der Waals surface area contributed by atoms with Gasteiger partial charge in [0.25, 0.3) is 17.1 Å². The molecule has 0 aliphatic carbocycles. The number of nitrogens with zero attached hydrogens (tertiary/aromatic N) is 1. The van der Waals surface area contributed by atoms with Gasteiger partial charge in [-0.3, -0.25) is 19.3 Å². The predicted molar refractivity (Wildman–Crippen MR) is 157 cm³/mol. The summed E-state index contributed by atoms with van der Waals surface area (Å²) in [5.41, 5.74) is 4.11. The van der Waals surface area contributed by atoms with Crippen molar-refractivity contribution in [1.29, 1.82) is 0 Å². The van der Waals surface area contributed by atoms with Crippen LogP contribution in [0.1, 0.15) is 29.2 Å². The molecule has 11 heteroatoms. The van der Waals surface area contributed by atoms with Crippen LogP contribution in [0, 0.1) is 13.8 Å². The van der Waals surface area contributed by atoms with Crippen LogP contribution in [0.5, 0.6) is 23.0 Å². The first-order chi connectivity index (χ1) is 19.7. The fourth-order valence-corrected chi connectivity index (χ4v) is 5.25. The molecule has 1 saturated heterocycles. The summed E-state index contributed by atoms with van der Waals surface area (Å²) in [5, 5.41) is 2.79. The van der Waals surface area contributed by atoms with Crippen molar-refractivity contribution in [2.45, 2.75) is 27.3 Å². The van der Waals surface area contributed by atoms with Gasteiger partial charge in [0.1, 0.15) is 0 Å². The summed E-state index contributed by atoms with van der Waals surface area (Å²) in [6, 6.07) is 14.1. The second-order valence-corrected chi connectivity index (χ2v) is 10.7. The molecule has 212 valence electrons. The molecule has 0 aromatic heterocycles. The van der Waals surface area contributed by atoms with E-state index in [2.05, 4.69) is 5.32 Å². The molecule has 3 aromatic carbocycles. The Morgan fingerprint density at radius 1 is 1.02 bits per heavy atom. The average Bonchev–Trinajstić information content (AvgIpc) is 3.49. The number of rotatable bonds is 9. The molecule has 9 nitrogen and oxygen atoms in total. The highest BCUT2D eigenvalue weighted by atomic mass is 35.5. The van der Waals surface area contributed by atoms with Crippen molar-refractivity contribution in [2.75, 3.05) is 25.3 Å². The van der Waals surface area contributed by atoms with Crippen LogP contribution in [0.15, 0.2) is 53.4 Å². The Balaban J connectivity index is 1.26. The molecule has 0 spiro atoms. The number of aryl methyl sites for hydroxylation is 2. The molecule has 0 saturated carbocycles. The van der Waals surface area contributed by atoms with E-state index >= 15 is 0 Å². The van der Waals surface area contributed by atoms with E-state index < -0.39 is 11.1 Å². The molecule has 0 unspecified atom stereocenters. The minimum absolute atomic E-state index is 0.00131. The number of thioether (sulfide) groups is 1. The second-order valence-electron chi connectivity index (χ2n) is 9.34. The summed E-state index contributed by atoms with van der Waals surface area (Å²) in [6.45, 7) is 6.05. The summed E-state index contributed by atoms with van der Waals surface area (Å²) in [4.78, 5) is 39.7. The van der Waals surface area contributed by atoms with E-state index in [9.17, 15) is 14.4 Å². The second kappa shape index (κ2) is 12.2. The van der Waals surface area contributed by atoms with Gasteiger partial charge in [0, 0.05) is 16.8 Å². The fourth-order valence-electron chi connectivity index (χ4n) is 4.20. The zero-order chi connectivity index (χ0) is 29.1. The Labute approximate surface area is 246 Å². The number of imide groups is 1. The third-order valence-corrected chi connectivity index (χ3v) is 7.72. The lowest BCUT2D eigenvalue weighted by atomic mass is 10.1. The van der Waals surface area contributed by atoms with Crippen LogP contribution in [-0.2, 0) is 16.1 Å². The van der Waals surface area contributed by atoms with E-state index in [0.29, 0.717) is 51.4 Å². The summed E-state index contributed by atoms with van der Waals surface area (Å²) in [6.07, 6.45) is 1.62. The van der Waals surface area contributed by atoms with Crippen LogP contribution in [0.2, 0.25) is 5.02 Å². The van der Waals surface area contributed by atoms with Gasteiger partial charge in [0.2, 0.25) is 6.79 Å². The predicted octanol–water partition coefficient (Wildman–Crippen LogP) is 6.34. The normalized spacial score (nSPS) is 15.0. The first kappa shape index (κ1) is 28.4.